The molecule has 0 fully saturated rings. The normalized spacial score (nSPS) is 10.5. The van der Waals surface area contributed by atoms with E-state index in [1.807, 2.05) is 25.1 Å². The number of nitrogens with one attached hydrogen (secondary N) is 3. The molecule has 0 aliphatic rings. The molecule has 1 aromatic heterocycles. The number of H-pyrrole nitrogens is 1. The molecule has 0 aliphatic carbocycles. The van der Waals surface area contributed by atoms with Crippen molar-refractivity contribution in [2.75, 3.05) is 0 Å². The number of hydrazine groups is 1. The van der Waals surface area contributed by atoms with Crippen molar-refractivity contribution >= 4 is 38.6 Å². The zero-order chi connectivity index (χ0) is 16.4. The molecular formula is C16H13BrN4O2. The fourth-order valence-corrected chi connectivity index (χ4v) is 2.41. The number of nitrogens with zero attached hydrogens (tertiary/aromatic N) is 1. The second-order valence-corrected chi connectivity index (χ2v) is 5.95. The molecule has 6 nitrogen and oxygen atoms in total. The van der Waals surface area contributed by atoms with Gasteiger partial charge in [0.05, 0.1) is 5.52 Å². The number of hydrogen-bond donors (Lipinski definition) is 3. The molecule has 3 aromatic rings. The van der Waals surface area contributed by atoms with Crippen LogP contribution in [0.5, 0.6) is 0 Å². The molecule has 0 saturated carbocycles. The molecule has 1 heterocycles. The van der Waals surface area contributed by atoms with Crippen molar-refractivity contribution in [1.82, 2.24) is 21.0 Å². The minimum absolute atomic E-state index is 0.236. The van der Waals surface area contributed by atoms with Crippen LogP contribution in [0.2, 0.25) is 0 Å². The zero-order valence-electron chi connectivity index (χ0n) is 12.2. The van der Waals surface area contributed by atoms with E-state index in [9.17, 15) is 9.59 Å². The molecule has 0 unspecified atom stereocenters. The first-order chi connectivity index (χ1) is 11.0. The monoisotopic (exact) mass is 372 g/mol. The maximum absolute atomic E-state index is 12.2. The van der Waals surface area contributed by atoms with E-state index in [2.05, 4.69) is 37.0 Å². The van der Waals surface area contributed by atoms with Crippen LogP contribution in [0.25, 0.3) is 10.9 Å². The number of halogens is 1. The summed E-state index contributed by atoms with van der Waals surface area (Å²) in [7, 11) is 0. The Morgan fingerprint density at radius 2 is 1.74 bits per heavy atom. The number of fused-ring (bicyclic) bond motifs is 1. The molecule has 7 heteroatoms. The van der Waals surface area contributed by atoms with Gasteiger partial charge in [-0.25, -0.2) is 0 Å². The highest BCUT2D eigenvalue weighted by molar-refractivity contribution is 9.10. The topological polar surface area (TPSA) is 86.9 Å². The molecule has 0 aliphatic heterocycles. The molecule has 2 aromatic carbocycles. The third-order valence-electron chi connectivity index (χ3n) is 3.33. The van der Waals surface area contributed by atoms with Crippen molar-refractivity contribution < 1.29 is 9.59 Å². The number of aromatic nitrogens is 2. The maximum Gasteiger partial charge on any atom is 0.290 e. The molecule has 2 amide bonds. The molecule has 23 heavy (non-hydrogen) atoms. The van der Waals surface area contributed by atoms with Crippen LogP contribution in [0.15, 0.2) is 46.9 Å². The summed E-state index contributed by atoms with van der Waals surface area (Å²) in [6.45, 7) is 1.93. The summed E-state index contributed by atoms with van der Waals surface area (Å²) >= 11 is 3.30. The number of aryl methyl sites for hydroxylation is 1. The van der Waals surface area contributed by atoms with Crippen LogP contribution < -0.4 is 10.9 Å². The van der Waals surface area contributed by atoms with Gasteiger partial charge in [0.25, 0.3) is 11.8 Å². The third-order valence-corrected chi connectivity index (χ3v) is 3.86. The first kappa shape index (κ1) is 15.2. The Balaban J connectivity index is 1.72. The van der Waals surface area contributed by atoms with Gasteiger partial charge < -0.3 is 0 Å². The van der Waals surface area contributed by atoms with Gasteiger partial charge in [-0.15, -0.1) is 0 Å². The van der Waals surface area contributed by atoms with Gasteiger partial charge >= 0.3 is 0 Å². The number of amides is 2. The van der Waals surface area contributed by atoms with E-state index in [1.54, 1.807) is 24.3 Å². The second-order valence-electron chi connectivity index (χ2n) is 5.04. The predicted molar refractivity (Wildman–Crippen MR) is 89.9 cm³/mol. The molecule has 0 radical (unpaired) electrons. The van der Waals surface area contributed by atoms with Crippen LogP contribution in [0.1, 0.15) is 26.4 Å². The highest BCUT2D eigenvalue weighted by atomic mass is 79.9. The second kappa shape index (κ2) is 6.21. The molecule has 0 saturated heterocycles. The number of carbonyl (C=O) groups is 2. The smallest absolute Gasteiger partial charge is 0.277 e. The summed E-state index contributed by atoms with van der Waals surface area (Å²) in [5.74, 6) is -0.880. The van der Waals surface area contributed by atoms with Gasteiger partial charge in [-0.1, -0.05) is 27.6 Å². The Morgan fingerprint density at radius 1 is 1.04 bits per heavy atom. The molecule has 116 valence electrons. The lowest BCUT2D eigenvalue weighted by molar-refractivity contribution is 0.0845. The lowest BCUT2D eigenvalue weighted by atomic mass is 10.1. The van der Waals surface area contributed by atoms with Crippen molar-refractivity contribution in [2.45, 2.75) is 6.92 Å². The van der Waals surface area contributed by atoms with Gasteiger partial charge in [0.1, 0.15) is 0 Å². The highest BCUT2D eigenvalue weighted by Crippen LogP contribution is 2.17. The number of benzene rings is 2. The summed E-state index contributed by atoms with van der Waals surface area (Å²) in [5, 5.41) is 7.51. The number of aromatic amines is 1. The number of rotatable bonds is 2. The summed E-state index contributed by atoms with van der Waals surface area (Å²) in [4.78, 5) is 24.2. The van der Waals surface area contributed by atoms with Crippen LogP contribution >= 0.6 is 15.9 Å². The average Bonchev–Trinajstić information content (AvgIpc) is 2.96. The first-order valence-corrected chi connectivity index (χ1v) is 7.65. The number of hydrogen-bond acceptors (Lipinski definition) is 3. The van der Waals surface area contributed by atoms with Crippen molar-refractivity contribution in [1.29, 1.82) is 0 Å². The van der Waals surface area contributed by atoms with Crippen molar-refractivity contribution in [2.24, 2.45) is 0 Å². The fraction of sp³-hybridized carbons (Fsp3) is 0.0625. The van der Waals surface area contributed by atoms with Crippen molar-refractivity contribution in [3.8, 4) is 0 Å². The van der Waals surface area contributed by atoms with Gasteiger partial charge in [0.2, 0.25) is 0 Å². The van der Waals surface area contributed by atoms with Crippen molar-refractivity contribution in [3.05, 3.63) is 63.8 Å². The van der Waals surface area contributed by atoms with Crippen LogP contribution in [-0.4, -0.2) is 22.0 Å². The van der Waals surface area contributed by atoms with Crippen molar-refractivity contribution in [3.63, 3.8) is 0 Å². The van der Waals surface area contributed by atoms with Gasteiger partial charge in [-0.05, 0) is 43.3 Å². The van der Waals surface area contributed by atoms with E-state index in [-0.39, 0.29) is 5.69 Å². The largest absolute Gasteiger partial charge is 0.290 e. The summed E-state index contributed by atoms with van der Waals surface area (Å²) in [5.41, 5.74) is 7.22. The van der Waals surface area contributed by atoms with E-state index in [0.29, 0.717) is 10.9 Å². The Hall–Kier alpha value is -2.67. The zero-order valence-corrected chi connectivity index (χ0v) is 13.8. The number of carbonyl (C=O) groups excluding carboxylic acids is 2. The van der Waals surface area contributed by atoms with E-state index in [1.165, 1.54) is 0 Å². The highest BCUT2D eigenvalue weighted by Gasteiger charge is 2.15. The van der Waals surface area contributed by atoms with Gasteiger partial charge in [-0.2, -0.15) is 5.10 Å². The summed E-state index contributed by atoms with van der Waals surface area (Å²) in [6, 6.07) is 12.5. The Kier molecular flexibility index (Phi) is 4.12. The van der Waals surface area contributed by atoms with E-state index in [4.69, 9.17) is 0 Å². The quantitative estimate of drug-likeness (QED) is 0.604. The lowest BCUT2D eigenvalue weighted by Crippen LogP contribution is -2.41. The SMILES string of the molecule is Cc1ccc2[nH]nc(C(=O)NNC(=O)c3ccc(Br)cc3)c2c1. The van der Waals surface area contributed by atoms with Gasteiger partial charge in [-0.3, -0.25) is 25.5 Å². The van der Waals surface area contributed by atoms with Gasteiger partial charge in [0, 0.05) is 15.4 Å². The molecule has 0 spiro atoms. The van der Waals surface area contributed by atoms with E-state index in [0.717, 1.165) is 15.6 Å². The molecule has 0 atom stereocenters. The first-order valence-electron chi connectivity index (χ1n) is 6.85. The summed E-state index contributed by atoms with van der Waals surface area (Å²) < 4.78 is 0.872. The maximum atomic E-state index is 12.2. The van der Waals surface area contributed by atoms with Crippen LogP contribution in [0, 0.1) is 6.92 Å². The molecule has 3 rings (SSSR count). The molecule has 3 N–H and O–H groups in total. The average molecular weight is 373 g/mol. The minimum Gasteiger partial charge on any atom is -0.277 e. The minimum atomic E-state index is -0.479. The Morgan fingerprint density at radius 3 is 2.48 bits per heavy atom. The molecule has 0 bridgehead atoms. The van der Waals surface area contributed by atoms with Crippen LogP contribution in [-0.2, 0) is 0 Å². The van der Waals surface area contributed by atoms with Crippen LogP contribution in [0.4, 0.5) is 0 Å². The standard InChI is InChI=1S/C16H13BrN4O2/c1-9-2-7-13-12(8-9)14(19-18-13)16(23)21-20-15(22)10-3-5-11(17)6-4-10/h2-8H,1H3,(H,18,19)(H,20,22)(H,21,23). The van der Waals surface area contributed by atoms with E-state index >= 15 is 0 Å². The third kappa shape index (κ3) is 3.24. The van der Waals surface area contributed by atoms with Crippen LogP contribution in [0.3, 0.4) is 0 Å². The Bertz CT molecular complexity index is 887. The fourth-order valence-electron chi connectivity index (χ4n) is 2.15. The van der Waals surface area contributed by atoms with E-state index < -0.39 is 11.8 Å². The lowest BCUT2D eigenvalue weighted by Gasteiger charge is -2.06. The van der Waals surface area contributed by atoms with Gasteiger partial charge in [0.15, 0.2) is 5.69 Å². The predicted octanol–water partition coefficient (Wildman–Crippen LogP) is 2.71. The summed E-state index contributed by atoms with van der Waals surface area (Å²) in [6.07, 6.45) is 0. The Labute approximate surface area is 140 Å². The molecular weight excluding hydrogens is 360 g/mol.